The van der Waals surface area contributed by atoms with E-state index in [-0.39, 0.29) is 29.8 Å². The van der Waals surface area contributed by atoms with Crippen LogP contribution in [0.4, 0.5) is 18.9 Å². The maximum absolute atomic E-state index is 13.6. The molecule has 2 N–H and O–H groups in total. The van der Waals surface area contributed by atoms with E-state index in [4.69, 9.17) is 5.73 Å². The van der Waals surface area contributed by atoms with Gasteiger partial charge in [-0.2, -0.15) is 0 Å². The third-order valence-electron chi connectivity index (χ3n) is 4.46. The zero-order chi connectivity index (χ0) is 18.5. The predicted molar refractivity (Wildman–Crippen MR) is 112 cm³/mol. The van der Waals surface area contributed by atoms with Gasteiger partial charge in [0.05, 0.1) is 0 Å². The smallest absolute Gasteiger partial charge is 0.191 e. The van der Waals surface area contributed by atoms with Gasteiger partial charge in [0.15, 0.2) is 5.96 Å². The Hall–Kier alpha value is -1.97. The maximum Gasteiger partial charge on any atom is 0.191 e. The number of piperazine rings is 1. The van der Waals surface area contributed by atoms with E-state index in [9.17, 15) is 13.2 Å². The summed E-state index contributed by atoms with van der Waals surface area (Å²) < 4.78 is 39.8. The molecule has 146 valence electrons. The first-order valence-electron chi connectivity index (χ1n) is 8.52. The molecule has 1 saturated heterocycles. The van der Waals surface area contributed by atoms with Crippen LogP contribution in [0.15, 0.2) is 47.5 Å². The number of guanidine groups is 1. The van der Waals surface area contributed by atoms with Crippen LogP contribution in [0.3, 0.4) is 0 Å². The van der Waals surface area contributed by atoms with Gasteiger partial charge in [-0.25, -0.2) is 13.2 Å². The van der Waals surface area contributed by atoms with Crippen molar-refractivity contribution in [3.63, 3.8) is 0 Å². The lowest BCUT2D eigenvalue weighted by Gasteiger charge is -2.36. The summed E-state index contributed by atoms with van der Waals surface area (Å²) in [4.78, 5) is 8.40. The van der Waals surface area contributed by atoms with Gasteiger partial charge in [-0.15, -0.1) is 24.0 Å². The van der Waals surface area contributed by atoms with Gasteiger partial charge in [-0.1, -0.05) is 0 Å². The molecule has 8 heteroatoms. The summed E-state index contributed by atoms with van der Waals surface area (Å²) in [6, 6.07) is 9.81. The third-order valence-corrected chi connectivity index (χ3v) is 4.46. The lowest BCUT2D eigenvalue weighted by Crippen LogP contribution is -2.51. The molecule has 2 aromatic carbocycles. The summed E-state index contributed by atoms with van der Waals surface area (Å²) in [5.74, 6) is -0.748. The van der Waals surface area contributed by atoms with Crippen molar-refractivity contribution in [3.8, 4) is 0 Å². The third kappa shape index (κ3) is 5.75. The van der Waals surface area contributed by atoms with E-state index in [2.05, 4.69) is 9.89 Å². The Morgan fingerprint density at radius 3 is 2.22 bits per heavy atom. The van der Waals surface area contributed by atoms with Crippen molar-refractivity contribution < 1.29 is 13.2 Å². The van der Waals surface area contributed by atoms with Gasteiger partial charge in [-0.05, 0) is 54.4 Å². The van der Waals surface area contributed by atoms with E-state index < -0.39 is 11.6 Å². The molecule has 0 spiro atoms. The van der Waals surface area contributed by atoms with Crippen LogP contribution in [-0.2, 0) is 6.42 Å². The van der Waals surface area contributed by atoms with Crippen LogP contribution in [0.1, 0.15) is 5.56 Å². The first kappa shape index (κ1) is 21.3. The highest BCUT2D eigenvalue weighted by molar-refractivity contribution is 14.0. The Labute approximate surface area is 173 Å². The Morgan fingerprint density at radius 2 is 1.56 bits per heavy atom. The molecule has 27 heavy (non-hydrogen) atoms. The van der Waals surface area contributed by atoms with E-state index in [1.165, 1.54) is 18.2 Å². The first-order valence-corrected chi connectivity index (χ1v) is 8.52. The summed E-state index contributed by atoms with van der Waals surface area (Å²) >= 11 is 0. The number of aliphatic imine (C=N–C) groups is 1. The van der Waals surface area contributed by atoms with Crippen molar-refractivity contribution >= 4 is 35.6 Å². The van der Waals surface area contributed by atoms with Crippen molar-refractivity contribution in [1.82, 2.24) is 4.90 Å². The molecular formula is C19H22F3IN4. The van der Waals surface area contributed by atoms with Gasteiger partial charge in [0.25, 0.3) is 0 Å². The summed E-state index contributed by atoms with van der Waals surface area (Å²) in [7, 11) is 0. The van der Waals surface area contributed by atoms with Crippen LogP contribution < -0.4 is 10.6 Å². The molecule has 0 aliphatic carbocycles. The van der Waals surface area contributed by atoms with Crippen molar-refractivity contribution in [1.29, 1.82) is 0 Å². The fourth-order valence-corrected chi connectivity index (χ4v) is 2.97. The Balaban J connectivity index is 0.00000261. The Bertz CT molecular complexity index is 775. The number of rotatable bonds is 4. The molecule has 3 rings (SSSR count). The molecule has 0 unspecified atom stereocenters. The van der Waals surface area contributed by atoms with E-state index >= 15 is 0 Å². The minimum atomic E-state index is -0.463. The summed E-state index contributed by atoms with van der Waals surface area (Å²) in [5.41, 5.74) is 7.29. The van der Waals surface area contributed by atoms with E-state index in [0.29, 0.717) is 37.6 Å². The highest BCUT2D eigenvalue weighted by Gasteiger charge is 2.18. The second-order valence-electron chi connectivity index (χ2n) is 6.18. The van der Waals surface area contributed by atoms with Crippen molar-refractivity contribution in [2.75, 3.05) is 37.6 Å². The van der Waals surface area contributed by atoms with Gasteiger partial charge in [0.1, 0.15) is 17.5 Å². The van der Waals surface area contributed by atoms with Gasteiger partial charge < -0.3 is 15.5 Å². The molecule has 0 bridgehead atoms. The van der Waals surface area contributed by atoms with Gasteiger partial charge in [0, 0.05) is 38.4 Å². The molecule has 0 aromatic heterocycles. The number of nitrogens with zero attached hydrogens (tertiary/aromatic N) is 3. The molecule has 1 aliphatic rings. The fraction of sp³-hybridized carbons (Fsp3) is 0.316. The van der Waals surface area contributed by atoms with Crippen LogP contribution in [-0.4, -0.2) is 43.6 Å². The number of nitrogens with two attached hydrogens (primary N) is 1. The number of hydrogen-bond donors (Lipinski definition) is 1. The van der Waals surface area contributed by atoms with Crippen LogP contribution in [0, 0.1) is 17.5 Å². The number of halogens is 4. The topological polar surface area (TPSA) is 44.9 Å². The molecule has 1 aliphatic heterocycles. The lowest BCUT2D eigenvalue weighted by molar-refractivity contribution is 0.381. The number of anilines is 1. The largest absolute Gasteiger partial charge is 0.370 e. The fourth-order valence-electron chi connectivity index (χ4n) is 2.97. The molecule has 0 atom stereocenters. The van der Waals surface area contributed by atoms with Crippen molar-refractivity contribution in [3.05, 3.63) is 65.5 Å². The van der Waals surface area contributed by atoms with Gasteiger partial charge in [0.2, 0.25) is 0 Å². The molecule has 1 fully saturated rings. The SMILES string of the molecule is I.NC(=NCCc1cc(F)ccc1F)N1CCN(c2ccc(F)cc2)CC1. The van der Waals surface area contributed by atoms with Gasteiger partial charge >= 0.3 is 0 Å². The first-order chi connectivity index (χ1) is 12.5. The van der Waals surface area contributed by atoms with Crippen molar-refractivity contribution in [2.45, 2.75) is 6.42 Å². The summed E-state index contributed by atoms with van der Waals surface area (Å²) in [6.45, 7) is 3.19. The van der Waals surface area contributed by atoms with Crippen LogP contribution >= 0.6 is 24.0 Å². The molecule has 2 aromatic rings. The minimum Gasteiger partial charge on any atom is -0.370 e. The predicted octanol–water partition coefficient (Wildman–Crippen LogP) is 3.40. The number of hydrogen-bond acceptors (Lipinski definition) is 2. The maximum atomic E-state index is 13.6. The Kier molecular flexibility index (Phi) is 7.76. The quantitative estimate of drug-likeness (QED) is 0.406. The van der Waals surface area contributed by atoms with Crippen LogP contribution in [0.25, 0.3) is 0 Å². The summed E-state index contributed by atoms with van der Waals surface area (Å²) in [5, 5.41) is 0. The zero-order valence-corrected chi connectivity index (χ0v) is 17.1. The average molecular weight is 490 g/mol. The Morgan fingerprint density at radius 1 is 0.926 bits per heavy atom. The molecular weight excluding hydrogens is 468 g/mol. The van der Waals surface area contributed by atoms with E-state index in [1.54, 1.807) is 12.1 Å². The second-order valence-corrected chi connectivity index (χ2v) is 6.18. The molecule has 0 saturated carbocycles. The molecule has 1 heterocycles. The van der Waals surface area contributed by atoms with Crippen LogP contribution in [0.5, 0.6) is 0 Å². The van der Waals surface area contributed by atoms with Crippen molar-refractivity contribution in [2.24, 2.45) is 10.7 Å². The summed E-state index contributed by atoms with van der Waals surface area (Å²) in [6.07, 6.45) is 0.292. The van der Waals surface area contributed by atoms with Gasteiger partial charge in [-0.3, -0.25) is 4.99 Å². The normalized spacial score (nSPS) is 14.9. The monoisotopic (exact) mass is 490 g/mol. The van der Waals surface area contributed by atoms with Crippen LogP contribution in [0.2, 0.25) is 0 Å². The molecule has 0 radical (unpaired) electrons. The standard InChI is InChI=1S/C19H21F3N4.HI/c20-15-1-4-17(5-2-15)25-9-11-26(12-10-25)19(23)24-8-7-14-13-16(21)3-6-18(14)22;/h1-6,13H,7-12H2,(H2,23,24);1H. The molecule has 4 nitrogen and oxygen atoms in total. The zero-order valence-electron chi connectivity index (χ0n) is 14.7. The second kappa shape index (κ2) is 9.82. The highest BCUT2D eigenvalue weighted by atomic mass is 127. The number of benzene rings is 2. The minimum absolute atomic E-state index is 0. The highest BCUT2D eigenvalue weighted by Crippen LogP contribution is 2.17. The average Bonchev–Trinajstić information content (AvgIpc) is 2.65. The molecule has 0 amide bonds. The lowest BCUT2D eigenvalue weighted by atomic mass is 10.1. The van der Waals surface area contributed by atoms with E-state index in [1.807, 2.05) is 4.90 Å². The van der Waals surface area contributed by atoms with E-state index in [0.717, 1.165) is 30.9 Å².